The van der Waals surface area contributed by atoms with E-state index in [-0.39, 0.29) is 11.9 Å². The summed E-state index contributed by atoms with van der Waals surface area (Å²) >= 11 is 1.75. The molecule has 0 bridgehead atoms. The van der Waals surface area contributed by atoms with Crippen LogP contribution in [-0.4, -0.2) is 110 Å². The number of ether oxygens (including phenoxy) is 1. The number of piperazine rings is 1. The second-order valence-corrected chi connectivity index (χ2v) is 12.3. The van der Waals surface area contributed by atoms with Gasteiger partial charge in [0.1, 0.15) is 23.5 Å². The summed E-state index contributed by atoms with van der Waals surface area (Å²) in [5, 5.41) is 13.7. The Morgan fingerprint density at radius 2 is 1.92 bits per heavy atom. The van der Waals surface area contributed by atoms with Crippen LogP contribution in [0.15, 0.2) is 24.4 Å². The number of aryl methyl sites for hydroxylation is 1. The SMILES string of the molecule is Cc1cc(N2CCN([C@H]3C[C@@H](C(=O)N4CCSC4)N(C(=O)OC(C)(C)C)C3)CC2)n(-c2ccc(C#N)cn2)n1. The van der Waals surface area contributed by atoms with Gasteiger partial charge >= 0.3 is 6.09 Å². The Bertz CT molecular complexity index is 1240. The van der Waals surface area contributed by atoms with Crippen molar-refractivity contribution in [3.05, 3.63) is 35.7 Å². The molecule has 3 saturated heterocycles. The fourth-order valence-electron chi connectivity index (χ4n) is 5.41. The molecule has 12 heteroatoms. The molecule has 3 aliphatic rings. The lowest BCUT2D eigenvalue weighted by Crippen LogP contribution is -2.51. The predicted octanol–water partition coefficient (Wildman–Crippen LogP) is 2.48. The van der Waals surface area contributed by atoms with Crippen molar-refractivity contribution in [1.82, 2.24) is 29.5 Å². The number of aromatic nitrogens is 3. The number of amides is 2. The van der Waals surface area contributed by atoms with E-state index < -0.39 is 17.7 Å². The zero-order chi connectivity index (χ0) is 27.7. The summed E-state index contributed by atoms with van der Waals surface area (Å²) in [7, 11) is 0. The Kier molecular flexibility index (Phi) is 7.73. The molecular weight excluding hydrogens is 516 g/mol. The molecule has 3 fully saturated rings. The van der Waals surface area contributed by atoms with E-state index in [1.165, 1.54) is 0 Å². The van der Waals surface area contributed by atoms with Crippen LogP contribution in [0.4, 0.5) is 10.6 Å². The van der Waals surface area contributed by atoms with Crippen LogP contribution in [0, 0.1) is 18.3 Å². The van der Waals surface area contributed by atoms with Crippen molar-refractivity contribution in [2.24, 2.45) is 0 Å². The van der Waals surface area contributed by atoms with Crippen LogP contribution >= 0.6 is 11.8 Å². The molecule has 208 valence electrons. The van der Waals surface area contributed by atoms with Crippen LogP contribution in [-0.2, 0) is 9.53 Å². The highest BCUT2D eigenvalue weighted by atomic mass is 32.2. The molecule has 2 aromatic rings. The first-order valence-electron chi connectivity index (χ1n) is 13.4. The predicted molar refractivity (Wildman–Crippen MR) is 149 cm³/mol. The zero-order valence-electron chi connectivity index (χ0n) is 23.0. The van der Waals surface area contributed by atoms with Crippen molar-refractivity contribution in [3.8, 4) is 11.9 Å². The van der Waals surface area contributed by atoms with Gasteiger partial charge in [-0.3, -0.25) is 14.6 Å². The third-order valence-corrected chi connectivity index (χ3v) is 8.28. The second-order valence-electron chi connectivity index (χ2n) is 11.3. The van der Waals surface area contributed by atoms with Gasteiger partial charge in [-0.25, -0.2) is 9.78 Å². The first kappa shape index (κ1) is 27.3. The number of rotatable bonds is 4. The highest BCUT2D eigenvalue weighted by Crippen LogP contribution is 2.29. The number of pyridine rings is 1. The van der Waals surface area contributed by atoms with Gasteiger partial charge in [-0.2, -0.15) is 15.0 Å². The van der Waals surface area contributed by atoms with Gasteiger partial charge in [0.15, 0.2) is 5.82 Å². The van der Waals surface area contributed by atoms with E-state index >= 15 is 0 Å². The van der Waals surface area contributed by atoms with E-state index in [1.54, 1.807) is 28.9 Å². The van der Waals surface area contributed by atoms with E-state index in [2.05, 4.69) is 32.0 Å². The highest BCUT2D eigenvalue weighted by molar-refractivity contribution is 7.99. The van der Waals surface area contributed by atoms with Crippen LogP contribution in [0.5, 0.6) is 0 Å². The first-order chi connectivity index (χ1) is 18.6. The molecule has 2 aromatic heterocycles. The van der Waals surface area contributed by atoms with Gasteiger partial charge in [0.2, 0.25) is 5.91 Å². The highest BCUT2D eigenvalue weighted by Gasteiger charge is 2.45. The van der Waals surface area contributed by atoms with Gasteiger partial charge in [0.25, 0.3) is 0 Å². The monoisotopic (exact) mass is 552 g/mol. The molecule has 0 aromatic carbocycles. The molecule has 2 amide bonds. The minimum absolute atomic E-state index is 0.0290. The summed E-state index contributed by atoms with van der Waals surface area (Å²) in [5.74, 6) is 3.28. The maximum Gasteiger partial charge on any atom is 0.411 e. The molecule has 0 N–H and O–H groups in total. The average molecular weight is 553 g/mol. The molecule has 5 heterocycles. The number of nitriles is 1. The molecular formula is C27H36N8O3S. The van der Waals surface area contributed by atoms with E-state index in [1.807, 2.05) is 43.3 Å². The normalized spacial score (nSPS) is 22.3. The van der Waals surface area contributed by atoms with Gasteiger partial charge in [0.05, 0.1) is 17.1 Å². The Morgan fingerprint density at radius 3 is 2.54 bits per heavy atom. The minimum atomic E-state index is -0.622. The smallest absolute Gasteiger partial charge is 0.411 e. The fraction of sp³-hybridized carbons (Fsp3) is 0.593. The van der Waals surface area contributed by atoms with Gasteiger partial charge in [-0.15, -0.1) is 11.8 Å². The van der Waals surface area contributed by atoms with E-state index in [0.29, 0.717) is 30.2 Å². The molecule has 3 aliphatic heterocycles. The van der Waals surface area contributed by atoms with Crippen LogP contribution in [0.2, 0.25) is 0 Å². The summed E-state index contributed by atoms with van der Waals surface area (Å²) in [6, 6.07) is 7.31. The van der Waals surface area contributed by atoms with Crippen molar-refractivity contribution in [2.45, 2.75) is 51.8 Å². The average Bonchev–Trinajstić information content (AvgIpc) is 3.67. The van der Waals surface area contributed by atoms with Crippen LogP contribution < -0.4 is 4.90 Å². The van der Waals surface area contributed by atoms with Crippen LogP contribution in [0.1, 0.15) is 38.4 Å². The molecule has 0 radical (unpaired) electrons. The second kappa shape index (κ2) is 11.1. The van der Waals surface area contributed by atoms with Crippen molar-refractivity contribution in [3.63, 3.8) is 0 Å². The maximum absolute atomic E-state index is 13.4. The lowest BCUT2D eigenvalue weighted by molar-refractivity contribution is -0.134. The summed E-state index contributed by atoms with van der Waals surface area (Å²) in [6.07, 6.45) is 1.76. The quantitative estimate of drug-likeness (QED) is 0.565. The lowest BCUT2D eigenvalue weighted by Gasteiger charge is -2.38. The number of hydrogen-bond donors (Lipinski definition) is 0. The third-order valence-electron chi connectivity index (χ3n) is 7.32. The van der Waals surface area contributed by atoms with E-state index in [9.17, 15) is 9.59 Å². The molecule has 39 heavy (non-hydrogen) atoms. The number of hydrogen-bond acceptors (Lipinski definition) is 9. The Balaban J connectivity index is 1.28. The van der Waals surface area contributed by atoms with Gasteiger partial charge in [0, 0.05) is 63.3 Å². The molecule has 11 nitrogen and oxygen atoms in total. The largest absolute Gasteiger partial charge is 0.444 e. The minimum Gasteiger partial charge on any atom is -0.444 e. The number of thioether (sulfide) groups is 1. The first-order valence-corrected chi connectivity index (χ1v) is 14.6. The molecule has 0 aliphatic carbocycles. The Hall–Kier alpha value is -3.30. The third kappa shape index (κ3) is 5.99. The van der Waals surface area contributed by atoms with Gasteiger partial charge in [-0.1, -0.05) is 0 Å². The van der Waals surface area contributed by atoms with Crippen molar-refractivity contribution in [1.29, 1.82) is 5.26 Å². The summed E-state index contributed by atoms with van der Waals surface area (Å²) < 4.78 is 7.53. The molecule has 2 atom stereocenters. The number of anilines is 1. The zero-order valence-corrected chi connectivity index (χ0v) is 23.9. The number of carbonyl (C=O) groups excluding carboxylic acids is 2. The molecule has 0 unspecified atom stereocenters. The van der Waals surface area contributed by atoms with Crippen LogP contribution in [0.25, 0.3) is 5.82 Å². The standard InChI is InChI=1S/C27H36N8O3S/c1-19-13-24(35(30-19)23-6-5-20(15-28)16-29-23)32-9-7-31(8-10-32)21-14-22(25(36)33-11-12-39-18-33)34(17-21)26(37)38-27(2,3)4/h5-6,13,16,21-22H,7-12,14,17-18H2,1-4H3/t21-,22-/m0/s1. The summed E-state index contributed by atoms with van der Waals surface area (Å²) in [4.78, 5) is 39.2. The van der Waals surface area contributed by atoms with Gasteiger partial charge < -0.3 is 14.5 Å². The molecule has 0 saturated carbocycles. The van der Waals surface area contributed by atoms with Crippen molar-refractivity contribution < 1.29 is 14.3 Å². The van der Waals surface area contributed by atoms with E-state index in [0.717, 1.165) is 50.0 Å². The number of nitrogens with zero attached hydrogens (tertiary/aromatic N) is 8. The maximum atomic E-state index is 13.4. The topological polar surface area (TPSA) is 111 Å². The summed E-state index contributed by atoms with van der Waals surface area (Å²) in [6.45, 7) is 11.9. The van der Waals surface area contributed by atoms with Crippen LogP contribution in [0.3, 0.4) is 0 Å². The molecule has 0 spiro atoms. The van der Waals surface area contributed by atoms with Crippen molar-refractivity contribution >= 4 is 29.6 Å². The lowest BCUT2D eigenvalue weighted by atomic mass is 10.1. The molecule has 5 rings (SSSR count). The Labute approximate surface area is 233 Å². The van der Waals surface area contributed by atoms with Crippen molar-refractivity contribution in [2.75, 3.05) is 55.8 Å². The van der Waals surface area contributed by atoms with Gasteiger partial charge in [-0.05, 0) is 46.2 Å². The fourth-order valence-corrected chi connectivity index (χ4v) is 6.36. The number of likely N-dealkylation sites (tertiary alicyclic amines) is 1. The summed E-state index contributed by atoms with van der Waals surface area (Å²) in [5.41, 5.74) is 0.779. The Morgan fingerprint density at radius 1 is 1.15 bits per heavy atom. The van der Waals surface area contributed by atoms with E-state index in [4.69, 9.17) is 10.00 Å². The number of carbonyl (C=O) groups is 2.